The number of halogens is 1. The zero-order valence-electron chi connectivity index (χ0n) is 8.87. The monoisotopic (exact) mass is 220 g/mol. The lowest BCUT2D eigenvalue weighted by Gasteiger charge is -2.23. The molecule has 2 rings (SSSR count). The van der Waals surface area contributed by atoms with Crippen molar-refractivity contribution in [3.63, 3.8) is 0 Å². The summed E-state index contributed by atoms with van der Waals surface area (Å²) in [5.41, 5.74) is 0.0501. The predicted octanol–water partition coefficient (Wildman–Crippen LogP) is 1.83. The lowest BCUT2D eigenvalue weighted by molar-refractivity contribution is 0.166. The second-order valence-electron chi connectivity index (χ2n) is 3.84. The van der Waals surface area contributed by atoms with Crippen LogP contribution in [0.1, 0.15) is 18.4 Å². The van der Waals surface area contributed by atoms with Crippen LogP contribution in [0.3, 0.4) is 0 Å². The van der Waals surface area contributed by atoms with Crippen molar-refractivity contribution < 1.29 is 9.13 Å². The average molecular weight is 220 g/mol. The highest BCUT2D eigenvalue weighted by Crippen LogP contribution is 2.19. The second kappa shape index (κ2) is 4.95. The maximum Gasteiger partial charge on any atom is 0.144 e. The Bertz CT molecular complexity index is 408. The molecule has 0 spiro atoms. The van der Waals surface area contributed by atoms with Gasteiger partial charge >= 0.3 is 0 Å². The first-order chi connectivity index (χ1) is 7.79. The smallest absolute Gasteiger partial charge is 0.144 e. The number of ether oxygens (including phenoxy) is 1. The molecule has 1 aliphatic rings. The molecule has 0 unspecified atom stereocenters. The SMILES string of the molecule is N#Cc1ccc(O[C@@H]2CCCNC2)cc1F. The fourth-order valence-corrected chi connectivity index (χ4v) is 1.77. The number of benzene rings is 1. The van der Waals surface area contributed by atoms with Gasteiger partial charge in [0, 0.05) is 12.6 Å². The molecule has 1 fully saturated rings. The Hall–Kier alpha value is -1.60. The molecule has 0 aromatic heterocycles. The third-order valence-corrected chi connectivity index (χ3v) is 2.62. The van der Waals surface area contributed by atoms with Crippen LogP contribution in [0.2, 0.25) is 0 Å². The highest BCUT2D eigenvalue weighted by atomic mass is 19.1. The molecule has 0 amide bonds. The zero-order chi connectivity index (χ0) is 11.4. The van der Waals surface area contributed by atoms with Crippen molar-refractivity contribution in [3.8, 4) is 11.8 Å². The highest BCUT2D eigenvalue weighted by molar-refractivity contribution is 5.36. The van der Waals surface area contributed by atoms with Crippen molar-refractivity contribution in [1.82, 2.24) is 5.32 Å². The van der Waals surface area contributed by atoms with Crippen molar-refractivity contribution in [3.05, 3.63) is 29.6 Å². The summed E-state index contributed by atoms with van der Waals surface area (Å²) in [6.45, 7) is 1.81. The van der Waals surface area contributed by atoms with Crippen molar-refractivity contribution >= 4 is 0 Å². The van der Waals surface area contributed by atoms with Gasteiger partial charge in [0.05, 0.1) is 5.56 Å². The van der Waals surface area contributed by atoms with Gasteiger partial charge in [0.15, 0.2) is 0 Å². The first-order valence-corrected chi connectivity index (χ1v) is 5.36. The molecule has 1 aromatic carbocycles. The van der Waals surface area contributed by atoms with Crippen molar-refractivity contribution in [2.75, 3.05) is 13.1 Å². The van der Waals surface area contributed by atoms with E-state index >= 15 is 0 Å². The third kappa shape index (κ3) is 2.50. The third-order valence-electron chi connectivity index (χ3n) is 2.62. The second-order valence-corrected chi connectivity index (χ2v) is 3.84. The summed E-state index contributed by atoms with van der Waals surface area (Å²) in [5, 5.41) is 11.8. The Labute approximate surface area is 93.8 Å². The molecule has 1 heterocycles. The number of nitrogens with one attached hydrogen (secondary N) is 1. The fraction of sp³-hybridized carbons (Fsp3) is 0.417. The summed E-state index contributed by atoms with van der Waals surface area (Å²) < 4.78 is 18.9. The Morgan fingerprint density at radius 2 is 2.38 bits per heavy atom. The summed E-state index contributed by atoms with van der Waals surface area (Å²) in [6, 6.07) is 6.13. The van der Waals surface area contributed by atoms with Crippen LogP contribution in [-0.2, 0) is 0 Å². The number of rotatable bonds is 2. The van der Waals surface area contributed by atoms with Crippen molar-refractivity contribution in [2.45, 2.75) is 18.9 Å². The fourth-order valence-electron chi connectivity index (χ4n) is 1.77. The molecule has 1 aliphatic heterocycles. The Balaban J connectivity index is 2.04. The maximum atomic E-state index is 13.3. The molecule has 0 aliphatic carbocycles. The van der Waals surface area contributed by atoms with Crippen LogP contribution in [0.15, 0.2) is 18.2 Å². The molecule has 3 nitrogen and oxygen atoms in total. The summed E-state index contributed by atoms with van der Waals surface area (Å²) in [4.78, 5) is 0. The topological polar surface area (TPSA) is 45.0 Å². The van der Waals surface area contributed by atoms with Crippen LogP contribution in [0.4, 0.5) is 4.39 Å². The first kappa shape index (κ1) is 10.9. The van der Waals surface area contributed by atoms with Crippen molar-refractivity contribution in [1.29, 1.82) is 5.26 Å². The molecule has 84 valence electrons. The van der Waals surface area contributed by atoms with Gasteiger partial charge in [-0.1, -0.05) is 0 Å². The van der Waals surface area contributed by atoms with E-state index in [0.717, 1.165) is 25.9 Å². The number of hydrogen-bond donors (Lipinski definition) is 1. The summed E-state index contributed by atoms with van der Waals surface area (Å²) in [5.74, 6) is -0.0334. The van der Waals surface area contributed by atoms with Gasteiger partial charge in [0.25, 0.3) is 0 Å². The van der Waals surface area contributed by atoms with Gasteiger partial charge in [-0.15, -0.1) is 0 Å². The van der Waals surface area contributed by atoms with E-state index in [2.05, 4.69) is 5.32 Å². The largest absolute Gasteiger partial charge is 0.489 e. The van der Waals surface area contributed by atoms with E-state index in [-0.39, 0.29) is 11.7 Å². The van der Waals surface area contributed by atoms with Crippen LogP contribution in [0.5, 0.6) is 5.75 Å². The zero-order valence-corrected chi connectivity index (χ0v) is 8.87. The van der Waals surface area contributed by atoms with E-state index in [9.17, 15) is 4.39 Å². The lowest BCUT2D eigenvalue weighted by Crippen LogP contribution is -2.37. The van der Waals surface area contributed by atoms with E-state index < -0.39 is 5.82 Å². The van der Waals surface area contributed by atoms with Crippen LogP contribution in [0, 0.1) is 17.1 Å². The minimum Gasteiger partial charge on any atom is -0.489 e. The highest BCUT2D eigenvalue weighted by Gasteiger charge is 2.14. The number of piperidine rings is 1. The van der Waals surface area contributed by atoms with E-state index in [0.29, 0.717) is 5.75 Å². The molecule has 0 radical (unpaired) electrons. The van der Waals surface area contributed by atoms with Gasteiger partial charge in [-0.25, -0.2) is 4.39 Å². The Kier molecular flexibility index (Phi) is 3.37. The van der Waals surface area contributed by atoms with Gasteiger partial charge in [-0.3, -0.25) is 0 Å². The minimum absolute atomic E-state index is 0.0501. The summed E-state index contributed by atoms with van der Waals surface area (Å²) >= 11 is 0. The lowest BCUT2D eigenvalue weighted by atomic mass is 10.1. The standard InChI is InChI=1S/C12H13FN2O/c13-12-6-10(4-3-9(12)7-14)16-11-2-1-5-15-8-11/h3-4,6,11,15H,1-2,5,8H2/t11-/m1/s1. The Morgan fingerprint density at radius 1 is 1.50 bits per heavy atom. The normalized spacial score (nSPS) is 20.1. The minimum atomic E-state index is -0.524. The molecular formula is C12H13FN2O. The van der Waals surface area contributed by atoms with Crippen molar-refractivity contribution in [2.24, 2.45) is 0 Å². The molecular weight excluding hydrogens is 207 g/mol. The Morgan fingerprint density at radius 3 is 3.00 bits per heavy atom. The maximum absolute atomic E-state index is 13.3. The van der Waals surface area contributed by atoms with Crippen LogP contribution < -0.4 is 10.1 Å². The first-order valence-electron chi connectivity index (χ1n) is 5.36. The van der Waals surface area contributed by atoms with Crippen LogP contribution in [0.25, 0.3) is 0 Å². The van der Waals surface area contributed by atoms with Gasteiger partial charge < -0.3 is 10.1 Å². The van der Waals surface area contributed by atoms with Crippen LogP contribution in [-0.4, -0.2) is 19.2 Å². The van der Waals surface area contributed by atoms with Crippen LogP contribution >= 0.6 is 0 Å². The van der Waals surface area contributed by atoms with Gasteiger partial charge in [-0.05, 0) is 31.5 Å². The summed E-state index contributed by atoms with van der Waals surface area (Å²) in [6.07, 6.45) is 2.15. The molecule has 1 saturated heterocycles. The summed E-state index contributed by atoms with van der Waals surface area (Å²) in [7, 11) is 0. The van der Waals surface area contributed by atoms with E-state index in [4.69, 9.17) is 10.00 Å². The molecule has 1 aromatic rings. The average Bonchev–Trinajstić information content (AvgIpc) is 2.31. The molecule has 0 bridgehead atoms. The van der Waals surface area contributed by atoms with E-state index in [1.165, 1.54) is 12.1 Å². The molecule has 1 N–H and O–H groups in total. The predicted molar refractivity (Wildman–Crippen MR) is 57.6 cm³/mol. The number of hydrogen-bond acceptors (Lipinski definition) is 3. The molecule has 1 atom stereocenters. The van der Waals surface area contributed by atoms with E-state index in [1.807, 2.05) is 0 Å². The van der Waals surface area contributed by atoms with Gasteiger partial charge in [0.2, 0.25) is 0 Å². The molecule has 4 heteroatoms. The molecule has 16 heavy (non-hydrogen) atoms. The number of nitrogens with zero attached hydrogens (tertiary/aromatic N) is 1. The molecule has 0 saturated carbocycles. The quantitative estimate of drug-likeness (QED) is 0.827. The van der Waals surface area contributed by atoms with Gasteiger partial charge in [0.1, 0.15) is 23.7 Å². The number of nitriles is 1. The van der Waals surface area contributed by atoms with E-state index in [1.54, 1.807) is 12.1 Å². The van der Waals surface area contributed by atoms with Gasteiger partial charge in [-0.2, -0.15) is 5.26 Å².